The molecule has 2 N–H and O–H groups in total. The lowest BCUT2D eigenvalue weighted by Crippen LogP contribution is -2.45. The van der Waals surface area contributed by atoms with Crippen molar-refractivity contribution in [2.75, 3.05) is 61.9 Å². The number of hydrogen-bond acceptors (Lipinski definition) is 5. The van der Waals surface area contributed by atoms with Gasteiger partial charge in [0.05, 0.1) is 54.8 Å². The van der Waals surface area contributed by atoms with Crippen LogP contribution in [0.1, 0.15) is 6.42 Å². The molecule has 0 saturated carbocycles. The Hall–Kier alpha value is -0.990. The number of carboxylic acids is 1. The van der Waals surface area contributed by atoms with Gasteiger partial charge in [-0.3, -0.25) is 9.36 Å². The Morgan fingerprint density at radius 3 is 1.77 bits per heavy atom. The van der Waals surface area contributed by atoms with E-state index < -0.39 is 19.2 Å². The second-order valence-corrected chi connectivity index (χ2v) is 8.39. The average Bonchev–Trinajstić information content (AvgIpc) is 2.18. The molecule has 1 atom stereocenters. The van der Waals surface area contributed by atoms with Crippen molar-refractivity contribution >= 4 is 19.2 Å². The highest BCUT2D eigenvalue weighted by atomic mass is 31.2. The van der Waals surface area contributed by atoms with Crippen molar-refractivity contribution in [2.45, 2.75) is 6.42 Å². The third-order valence-corrected chi connectivity index (χ3v) is 2.81. The maximum absolute atomic E-state index is 10.6. The number of carboxylic acid groups (broad SMARTS) is 1. The number of rotatable bonds is 7. The molecule has 0 bridgehead atoms. The second-order valence-electron chi connectivity index (χ2n) is 6.94. The third kappa shape index (κ3) is 19.0. The Morgan fingerprint density at radius 1 is 1.09 bits per heavy atom. The number of nitrogens with zero attached hydrogens (tertiary/aromatic N) is 2. The second kappa shape index (κ2) is 9.22. The first-order valence-electron chi connectivity index (χ1n) is 6.67. The first-order chi connectivity index (χ1) is 9.54. The van der Waals surface area contributed by atoms with Crippen LogP contribution in [0.3, 0.4) is 0 Å². The Kier molecular flexibility index (Phi) is 9.75. The zero-order valence-corrected chi connectivity index (χ0v) is 15.1. The van der Waals surface area contributed by atoms with Gasteiger partial charge in [-0.15, -0.1) is 0 Å². The van der Waals surface area contributed by atoms with Crippen LogP contribution in [0.4, 0.5) is 4.79 Å². The van der Waals surface area contributed by atoms with Crippen LogP contribution >= 0.6 is 7.60 Å². The Bertz CT molecular complexity index is 408. The first-order valence-corrected chi connectivity index (χ1v) is 8.25. The summed E-state index contributed by atoms with van der Waals surface area (Å²) in [6.45, 7) is 1.13. The molecule has 0 rings (SSSR count). The van der Waals surface area contributed by atoms with Gasteiger partial charge in [0.1, 0.15) is 6.54 Å². The summed E-state index contributed by atoms with van der Waals surface area (Å²) >= 11 is 0. The quantitative estimate of drug-likeness (QED) is 0.306. The number of hydrogen-bond donors (Lipinski definition) is 2. The molecule has 1 unspecified atom stereocenters. The minimum atomic E-state index is -4.84. The van der Waals surface area contributed by atoms with Crippen LogP contribution < -0.4 is 15.3 Å². The molecule has 10 heteroatoms. The molecule has 0 fully saturated rings. The molecular formula is C12H28N3O6P. The van der Waals surface area contributed by atoms with E-state index in [1.165, 1.54) is 0 Å². The van der Waals surface area contributed by atoms with E-state index in [4.69, 9.17) is 4.89 Å². The summed E-state index contributed by atoms with van der Waals surface area (Å²) in [6.07, 6.45) is 0.662. The smallest absolute Gasteiger partial charge is 0.291 e. The molecular weight excluding hydrogens is 313 g/mol. The summed E-state index contributed by atoms with van der Waals surface area (Å²) in [5, 5.41) is 12.0. The Balaban J connectivity index is 0. The van der Waals surface area contributed by atoms with Crippen molar-refractivity contribution < 1.29 is 38.0 Å². The minimum absolute atomic E-state index is 0.0694. The van der Waals surface area contributed by atoms with Gasteiger partial charge in [-0.05, 0) is 0 Å². The van der Waals surface area contributed by atoms with Crippen molar-refractivity contribution in [3.8, 4) is 0 Å². The number of carbonyl (C=O) groups excluding carboxylic acids is 2. The molecule has 22 heavy (non-hydrogen) atoms. The summed E-state index contributed by atoms with van der Waals surface area (Å²) in [4.78, 5) is 39.2. The molecule has 1 amide bonds. The molecule has 0 saturated heterocycles. The van der Waals surface area contributed by atoms with Gasteiger partial charge < -0.3 is 34.0 Å². The zero-order valence-electron chi connectivity index (χ0n) is 14.2. The summed E-state index contributed by atoms with van der Waals surface area (Å²) in [5.74, 6) is -1.00. The van der Waals surface area contributed by atoms with Crippen LogP contribution in [0.25, 0.3) is 0 Å². The summed E-state index contributed by atoms with van der Waals surface area (Å²) in [5.41, 5.74) is -1.31. The molecule has 0 aliphatic carbocycles. The maximum Gasteiger partial charge on any atom is 0.291 e. The molecule has 0 aromatic carbocycles. The first kappa shape index (κ1) is 23.3. The van der Waals surface area contributed by atoms with Crippen LogP contribution in [0, 0.1) is 0 Å². The van der Waals surface area contributed by atoms with Crippen LogP contribution in [0.2, 0.25) is 0 Å². The minimum Gasteiger partial charge on any atom is -0.772 e. The van der Waals surface area contributed by atoms with Gasteiger partial charge in [0, 0.05) is 13.0 Å². The van der Waals surface area contributed by atoms with Crippen molar-refractivity contribution in [1.82, 2.24) is 5.32 Å². The highest BCUT2D eigenvalue weighted by Gasteiger charge is 2.14. The van der Waals surface area contributed by atoms with Crippen molar-refractivity contribution in [2.24, 2.45) is 0 Å². The molecule has 9 nitrogen and oxygen atoms in total. The SMILES string of the molecule is C[N+](C)(C)CC(=O)[O-].C[N+](C)(C)CCCNC(=O)P(=O)([O-])O. The number of likely N-dealkylation sites (N-methyl/N-ethyl adjacent to an activating group) is 1. The topological polar surface area (TPSA) is 130 Å². The number of aliphatic carboxylic acids is 1. The van der Waals surface area contributed by atoms with Crippen LogP contribution in [0.15, 0.2) is 0 Å². The van der Waals surface area contributed by atoms with E-state index in [9.17, 15) is 24.2 Å². The lowest BCUT2D eigenvalue weighted by atomic mass is 10.4. The van der Waals surface area contributed by atoms with Crippen LogP contribution in [-0.4, -0.2) is 87.4 Å². The van der Waals surface area contributed by atoms with Gasteiger partial charge in [-0.2, -0.15) is 0 Å². The van der Waals surface area contributed by atoms with Gasteiger partial charge in [0.2, 0.25) is 7.60 Å². The molecule has 0 heterocycles. The highest BCUT2D eigenvalue weighted by molar-refractivity contribution is 7.68. The number of nitrogens with one attached hydrogen (secondary N) is 1. The van der Waals surface area contributed by atoms with Gasteiger partial charge >= 0.3 is 0 Å². The molecule has 0 radical (unpaired) electrons. The normalized spacial score (nSPS) is 14.4. The van der Waals surface area contributed by atoms with Gasteiger partial charge in [-0.1, -0.05) is 0 Å². The average molecular weight is 341 g/mol. The van der Waals surface area contributed by atoms with Crippen molar-refractivity contribution in [1.29, 1.82) is 0 Å². The van der Waals surface area contributed by atoms with Gasteiger partial charge in [-0.25, -0.2) is 0 Å². The van der Waals surface area contributed by atoms with E-state index in [0.717, 1.165) is 11.0 Å². The Morgan fingerprint density at radius 2 is 1.55 bits per heavy atom. The fraction of sp³-hybridized carbons (Fsp3) is 0.833. The largest absolute Gasteiger partial charge is 0.772 e. The summed E-state index contributed by atoms with van der Waals surface area (Å²) in [6, 6.07) is 0. The van der Waals surface area contributed by atoms with E-state index in [1.807, 2.05) is 21.1 Å². The molecule has 0 aliphatic rings. The molecule has 132 valence electrons. The van der Waals surface area contributed by atoms with E-state index in [0.29, 0.717) is 10.9 Å². The summed E-state index contributed by atoms with van der Waals surface area (Å²) in [7, 11) is 6.54. The lowest BCUT2D eigenvalue weighted by molar-refractivity contribution is -0.870. The molecule has 0 aliphatic heterocycles. The van der Waals surface area contributed by atoms with E-state index in [2.05, 4.69) is 5.32 Å². The number of carbonyl (C=O) groups is 2. The van der Waals surface area contributed by atoms with Gasteiger partial charge in [0.15, 0.2) is 0 Å². The fourth-order valence-electron chi connectivity index (χ4n) is 1.24. The number of quaternary nitrogens is 2. The van der Waals surface area contributed by atoms with Crippen LogP contribution in [-0.2, 0) is 9.36 Å². The van der Waals surface area contributed by atoms with Crippen molar-refractivity contribution in [3.63, 3.8) is 0 Å². The fourth-order valence-corrected chi connectivity index (χ4v) is 1.55. The lowest BCUT2D eigenvalue weighted by Gasteiger charge is -2.24. The monoisotopic (exact) mass is 341 g/mol. The van der Waals surface area contributed by atoms with Gasteiger partial charge in [0.25, 0.3) is 5.65 Å². The zero-order chi connectivity index (χ0) is 18.2. The highest BCUT2D eigenvalue weighted by Crippen LogP contribution is 2.28. The molecule has 0 spiro atoms. The number of amides is 1. The summed E-state index contributed by atoms with van der Waals surface area (Å²) < 4.78 is 11.4. The van der Waals surface area contributed by atoms with E-state index in [1.54, 1.807) is 21.1 Å². The maximum atomic E-state index is 10.6. The third-order valence-electron chi connectivity index (χ3n) is 2.14. The van der Waals surface area contributed by atoms with E-state index in [-0.39, 0.29) is 13.1 Å². The molecule has 0 aromatic heterocycles. The van der Waals surface area contributed by atoms with Crippen LogP contribution in [0.5, 0.6) is 0 Å². The van der Waals surface area contributed by atoms with Crippen molar-refractivity contribution in [3.05, 3.63) is 0 Å². The standard InChI is InChI=1S/C7H17N2O4P.C5H11NO2/c1-9(2,3)6-4-5-8-7(10)14(11,12)13;1-6(2,3)4-5(7)8/h4-6H2,1-3H3,(H2-,8,10,11,12,13);4H2,1-3H3. The van der Waals surface area contributed by atoms with E-state index >= 15 is 0 Å². The predicted octanol–water partition coefficient (Wildman–Crippen LogP) is -2.22. The molecule has 0 aromatic rings. The Labute approximate surface area is 131 Å². The predicted molar refractivity (Wildman–Crippen MR) is 78.6 cm³/mol.